The molecule has 0 amide bonds. The Bertz CT molecular complexity index is 319. The van der Waals surface area contributed by atoms with Crippen LogP contribution < -0.4 is 10.9 Å². The summed E-state index contributed by atoms with van der Waals surface area (Å²) in [5.41, 5.74) is 6.39. The number of hydrogen-bond donors (Lipinski definition) is 2. The molecule has 1 saturated heterocycles. The van der Waals surface area contributed by atoms with Crippen LogP contribution in [0.3, 0.4) is 0 Å². The summed E-state index contributed by atoms with van der Waals surface area (Å²) in [5, 5.41) is 0. The molecule has 1 aliphatic heterocycles. The number of pyridine rings is 1. The number of halogens is 1. The molecule has 4 nitrogen and oxygen atoms in total. The summed E-state index contributed by atoms with van der Waals surface area (Å²) in [5.74, 6) is -0.263. The number of hydrogen-bond acceptors (Lipinski definition) is 4. The first-order valence-corrected chi connectivity index (χ1v) is 4.77. The van der Waals surface area contributed by atoms with Crippen LogP contribution in [0, 0.1) is 5.92 Å². The van der Waals surface area contributed by atoms with Gasteiger partial charge in [-0.15, -0.1) is 11.6 Å². The number of aromatic nitrogens is 1. The molecule has 2 N–H and O–H groups in total. The molecule has 3 atom stereocenters. The number of carbonyl (C=O) groups is 1. The molecule has 1 aliphatic rings. The Morgan fingerprint density at radius 1 is 1.50 bits per heavy atom. The summed E-state index contributed by atoms with van der Waals surface area (Å²) in [6.07, 6.45) is 4.28. The van der Waals surface area contributed by atoms with Crippen molar-refractivity contribution in [3.63, 3.8) is 0 Å². The largest absolute Gasteiger partial charge is 0.303 e. The van der Waals surface area contributed by atoms with E-state index in [4.69, 9.17) is 11.6 Å². The molecule has 0 bridgehead atoms. The number of hydrazine groups is 1. The number of aldehydes is 1. The Morgan fingerprint density at radius 2 is 2.36 bits per heavy atom. The van der Waals surface area contributed by atoms with E-state index in [2.05, 4.69) is 15.8 Å². The molecule has 3 unspecified atom stereocenters. The molecule has 2 rings (SSSR count). The highest BCUT2D eigenvalue weighted by atomic mass is 35.5. The summed E-state index contributed by atoms with van der Waals surface area (Å²) in [6, 6.07) is 3.65. The third kappa shape index (κ3) is 1.64. The van der Waals surface area contributed by atoms with Crippen LogP contribution in [0.2, 0.25) is 0 Å². The Morgan fingerprint density at radius 3 is 3.00 bits per heavy atom. The predicted octanol–water partition coefficient (Wildman–Crippen LogP) is 0.611. The minimum Gasteiger partial charge on any atom is -0.303 e. The van der Waals surface area contributed by atoms with Gasteiger partial charge in [-0.2, -0.15) is 0 Å². The zero-order chi connectivity index (χ0) is 9.97. The third-order valence-electron chi connectivity index (χ3n) is 2.30. The molecule has 5 heteroatoms. The van der Waals surface area contributed by atoms with E-state index in [0.29, 0.717) is 0 Å². The highest BCUT2D eigenvalue weighted by Gasteiger charge is 2.35. The molecular weight excluding hydrogens is 202 g/mol. The molecule has 1 aromatic rings. The zero-order valence-electron chi connectivity index (χ0n) is 7.35. The predicted molar refractivity (Wildman–Crippen MR) is 52.4 cm³/mol. The topological polar surface area (TPSA) is 54.0 Å². The average molecular weight is 212 g/mol. The molecule has 0 aliphatic carbocycles. The van der Waals surface area contributed by atoms with E-state index in [1.54, 1.807) is 12.4 Å². The van der Waals surface area contributed by atoms with Gasteiger partial charge in [0.25, 0.3) is 0 Å². The highest BCUT2D eigenvalue weighted by Crippen LogP contribution is 2.28. The standard InChI is InChI=1S/C9H10ClN3O/c10-9-7(5-14)8(12-13-9)6-2-1-3-11-4-6/h1-5,7-9,12-13H. The van der Waals surface area contributed by atoms with Crippen molar-refractivity contribution in [2.45, 2.75) is 11.5 Å². The normalized spacial score (nSPS) is 31.6. The van der Waals surface area contributed by atoms with Crippen molar-refractivity contribution >= 4 is 17.9 Å². The monoisotopic (exact) mass is 211 g/mol. The van der Waals surface area contributed by atoms with Gasteiger partial charge in [0, 0.05) is 12.4 Å². The summed E-state index contributed by atoms with van der Waals surface area (Å²) < 4.78 is 0. The lowest BCUT2D eigenvalue weighted by Crippen LogP contribution is -2.27. The number of nitrogens with one attached hydrogen (secondary N) is 2. The van der Waals surface area contributed by atoms with Gasteiger partial charge in [0.1, 0.15) is 11.8 Å². The fourth-order valence-electron chi connectivity index (χ4n) is 1.54. The molecule has 0 saturated carbocycles. The minimum atomic E-state index is -0.363. The first-order valence-electron chi connectivity index (χ1n) is 4.33. The number of alkyl halides is 1. The molecule has 0 radical (unpaired) electrons. The smallest absolute Gasteiger partial charge is 0.127 e. The van der Waals surface area contributed by atoms with Crippen molar-refractivity contribution in [1.29, 1.82) is 0 Å². The van der Waals surface area contributed by atoms with Crippen molar-refractivity contribution in [3.05, 3.63) is 30.1 Å². The third-order valence-corrected chi connectivity index (χ3v) is 2.70. The fraction of sp³-hybridized carbons (Fsp3) is 0.333. The van der Waals surface area contributed by atoms with E-state index in [1.165, 1.54) is 0 Å². The van der Waals surface area contributed by atoms with Gasteiger partial charge >= 0.3 is 0 Å². The van der Waals surface area contributed by atoms with Gasteiger partial charge in [-0.3, -0.25) is 4.98 Å². The maximum atomic E-state index is 10.8. The number of rotatable bonds is 2. The number of carbonyl (C=O) groups excluding carboxylic acids is 1. The van der Waals surface area contributed by atoms with Gasteiger partial charge in [-0.05, 0) is 11.6 Å². The minimum absolute atomic E-state index is 0.0938. The molecule has 1 fully saturated rings. The lowest BCUT2D eigenvalue weighted by molar-refractivity contribution is -0.111. The molecule has 74 valence electrons. The SMILES string of the molecule is O=CC1C(Cl)NNC1c1cccnc1. The first-order chi connectivity index (χ1) is 6.83. The van der Waals surface area contributed by atoms with Crippen LogP contribution in [0.15, 0.2) is 24.5 Å². The zero-order valence-corrected chi connectivity index (χ0v) is 8.11. The van der Waals surface area contributed by atoms with Crippen LogP contribution in [0.25, 0.3) is 0 Å². The van der Waals surface area contributed by atoms with E-state index in [0.717, 1.165) is 11.8 Å². The summed E-state index contributed by atoms with van der Waals surface area (Å²) in [7, 11) is 0. The Hall–Kier alpha value is -0.970. The van der Waals surface area contributed by atoms with Crippen LogP contribution in [0.4, 0.5) is 0 Å². The quantitative estimate of drug-likeness (QED) is 0.428. The second kappa shape index (κ2) is 4.04. The Labute approximate surface area is 86.6 Å². The van der Waals surface area contributed by atoms with Gasteiger partial charge in [0.2, 0.25) is 0 Å². The summed E-state index contributed by atoms with van der Waals surface area (Å²) >= 11 is 5.90. The van der Waals surface area contributed by atoms with Crippen molar-refractivity contribution < 1.29 is 4.79 Å². The van der Waals surface area contributed by atoms with E-state index in [1.807, 2.05) is 12.1 Å². The lowest BCUT2D eigenvalue weighted by atomic mass is 9.97. The second-order valence-electron chi connectivity index (χ2n) is 3.17. The maximum Gasteiger partial charge on any atom is 0.127 e. The van der Waals surface area contributed by atoms with Crippen LogP contribution in [-0.2, 0) is 4.79 Å². The van der Waals surface area contributed by atoms with Crippen molar-refractivity contribution in [2.75, 3.05) is 0 Å². The van der Waals surface area contributed by atoms with E-state index in [-0.39, 0.29) is 17.5 Å². The van der Waals surface area contributed by atoms with Crippen LogP contribution in [-0.4, -0.2) is 16.8 Å². The van der Waals surface area contributed by atoms with Crippen molar-refractivity contribution in [2.24, 2.45) is 5.92 Å². The second-order valence-corrected chi connectivity index (χ2v) is 3.64. The Balaban J connectivity index is 2.23. The van der Waals surface area contributed by atoms with Gasteiger partial charge in [-0.25, -0.2) is 10.9 Å². The van der Waals surface area contributed by atoms with Gasteiger partial charge < -0.3 is 4.79 Å². The fourth-order valence-corrected chi connectivity index (χ4v) is 1.81. The maximum absolute atomic E-state index is 10.8. The molecule has 2 heterocycles. The Kier molecular flexibility index (Phi) is 2.77. The average Bonchev–Trinajstić information content (AvgIpc) is 2.61. The van der Waals surface area contributed by atoms with Crippen LogP contribution in [0.5, 0.6) is 0 Å². The van der Waals surface area contributed by atoms with E-state index >= 15 is 0 Å². The van der Waals surface area contributed by atoms with Crippen molar-refractivity contribution in [1.82, 2.24) is 15.8 Å². The highest BCUT2D eigenvalue weighted by molar-refractivity contribution is 6.21. The molecule has 0 aromatic carbocycles. The van der Waals surface area contributed by atoms with E-state index < -0.39 is 0 Å². The molecule has 0 spiro atoms. The molecule has 14 heavy (non-hydrogen) atoms. The lowest BCUT2D eigenvalue weighted by Gasteiger charge is -2.13. The summed E-state index contributed by atoms with van der Waals surface area (Å²) in [6.45, 7) is 0. The molecule has 1 aromatic heterocycles. The van der Waals surface area contributed by atoms with Gasteiger partial charge in [0.15, 0.2) is 0 Å². The summed E-state index contributed by atoms with van der Waals surface area (Å²) in [4.78, 5) is 14.8. The van der Waals surface area contributed by atoms with Crippen LogP contribution in [0.1, 0.15) is 11.6 Å². The first kappa shape index (κ1) is 9.58. The van der Waals surface area contributed by atoms with Gasteiger partial charge in [0.05, 0.1) is 12.0 Å². The van der Waals surface area contributed by atoms with E-state index in [9.17, 15) is 4.79 Å². The number of nitrogens with zero attached hydrogens (tertiary/aromatic N) is 1. The van der Waals surface area contributed by atoms with Gasteiger partial charge in [-0.1, -0.05) is 6.07 Å². The van der Waals surface area contributed by atoms with Crippen molar-refractivity contribution in [3.8, 4) is 0 Å². The molecular formula is C9H10ClN3O. The van der Waals surface area contributed by atoms with Crippen LogP contribution >= 0.6 is 11.6 Å².